The van der Waals surface area contributed by atoms with Crippen molar-refractivity contribution in [2.24, 2.45) is 24.8 Å². The first-order valence-electron chi connectivity index (χ1n) is 15.4. The molecular weight excluding hydrogens is 689 g/mol. The first-order chi connectivity index (χ1) is 22.5. The molecule has 48 heavy (non-hydrogen) atoms. The Bertz CT molecular complexity index is 1730. The van der Waals surface area contributed by atoms with Crippen molar-refractivity contribution in [2.75, 3.05) is 23.3 Å². The maximum atomic E-state index is 13.7. The van der Waals surface area contributed by atoms with Crippen LogP contribution in [-0.4, -0.2) is 64.1 Å². The molecule has 6 rings (SSSR count). The van der Waals surface area contributed by atoms with Gasteiger partial charge in [-0.15, -0.1) is 0 Å². The molecule has 3 fully saturated rings. The number of piperidine rings is 1. The molecular formula is C31H32Cl2F6N6O3. The highest BCUT2D eigenvalue weighted by molar-refractivity contribution is 6.39. The van der Waals surface area contributed by atoms with Crippen LogP contribution in [0.3, 0.4) is 0 Å². The number of halogens is 8. The van der Waals surface area contributed by atoms with Gasteiger partial charge in [0.15, 0.2) is 0 Å². The molecule has 0 bridgehead atoms. The zero-order valence-electron chi connectivity index (χ0n) is 25.5. The maximum absolute atomic E-state index is 13.7. The van der Waals surface area contributed by atoms with E-state index in [2.05, 4.69) is 20.5 Å². The number of aliphatic hydroxyl groups excluding tert-OH is 1. The molecule has 1 saturated heterocycles. The molecule has 3 aliphatic rings. The predicted molar refractivity (Wildman–Crippen MR) is 167 cm³/mol. The van der Waals surface area contributed by atoms with Crippen molar-refractivity contribution in [2.45, 2.75) is 63.1 Å². The summed E-state index contributed by atoms with van der Waals surface area (Å²) in [6.07, 6.45) is -11.1. The summed E-state index contributed by atoms with van der Waals surface area (Å²) < 4.78 is 79.4. The molecule has 0 radical (unpaired) electrons. The summed E-state index contributed by atoms with van der Waals surface area (Å²) in [6, 6.07) is 5.97. The number of imidazole rings is 1. The smallest absolute Gasteiger partial charge is 0.376 e. The van der Waals surface area contributed by atoms with Crippen molar-refractivity contribution in [1.29, 1.82) is 0 Å². The third-order valence-electron chi connectivity index (χ3n) is 9.51. The van der Waals surface area contributed by atoms with Gasteiger partial charge < -0.3 is 30.5 Å². The van der Waals surface area contributed by atoms with E-state index >= 15 is 0 Å². The van der Waals surface area contributed by atoms with E-state index in [1.165, 1.54) is 12.1 Å². The maximum Gasteiger partial charge on any atom is 0.423 e. The molecule has 0 spiro atoms. The van der Waals surface area contributed by atoms with E-state index < -0.39 is 36.8 Å². The van der Waals surface area contributed by atoms with Gasteiger partial charge in [-0.05, 0) is 67.7 Å². The van der Waals surface area contributed by atoms with Gasteiger partial charge in [-0.25, -0.2) is 4.98 Å². The number of aromatic nitrogens is 2. The molecule has 4 N–H and O–H groups in total. The summed E-state index contributed by atoms with van der Waals surface area (Å²) in [4.78, 5) is 32.2. The average Bonchev–Trinajstić information content (AvgIpc) is 3.51. The quantitative estimate of drug-likeness (QED) is 0.199. The van der Waals surface area contributed by atoms with Gasteiger partial charge in [0.1, 0.15) is 0 Å². The Morgan fingerprint density at radius 3 is 2.33 bits per heavy atom. The second-order valence-corrected chi connectivity index (χ2v) is 13.5. The van der Waals surface area contributed by atoms with Gasteiger partial charge in [0.25, 0.3) is 11.8 Å². The van der Waals surface area contributed by atoms with E-state index in [0.29, 0.717) is 34.1 Å². The van der Waals surface area contributed by atoms with E-state index in [9.17, 15) is 41.0 Å². The van der Waals surface area contributed by atoms with Crippen molar-refractivity contribution >= 4 is 63.4 Å². The van der Waals surface area contributed by atoms with E-state index in [1.807, 2.05) is 11.4 Å². The Morgan fingerprint density at radius 2 is 1.71 bits per heavy atom. The number of aliphatic hydroxyl groups is 1. The molecule has 3 aromatic rings. The van der Waals surface area contributed by atoms with Crippen molar-refractivity contribution in [3.8, 4) is 0 Å². The van der Waals surface area contributed by atoms with Crippen LogP contribution in [-0.2, 0) is 18.4 Å². The minimum Gasteiger partial charge on any atom is -0.376 e. The Hall–Kier alpha value is -3.43. The lowest BCUT2D eigenvalue weighted by atomic mass is 9.85. The molecule has 2 heterocycles. The third-order valence-corrected chi connectivity index (χ3v) is 10.3. The fraction of sp³-hybridized carbons (Fsp3) is 0.516. The number of anilines is 3. The van der Waals surface area contributed by atoms with E-state index in [-0.39, 0.29) is 64.9 Å². The molecule has 1 aromatic heterocycles. The first-order valence-corrected chi connectivity index (χ1v) is 16.2. The fourth-order valence-corrected chi connectivity index (χ4v) is 7.12. The van der Waals surface area contributed by atoms with Crippen LogP contribution < -0.4 is 20.9 Å². The third kappa shape index (κ3) is 6.99. The van der Waals surface area contributed by atoms with Crippen LogP contribution in [0.2, 0.25) is 10.0 Å². The monoisotopic (exact) mass is 720 g/mol. The molecule has 260 valence electrons. The summed E-state index contributed by atoms with van der Waals surface area (Å²) in [7, 11) is 1.73. The molecule has 3 unspecified atom stereocenters. The average molecular weight is 722 g/mol. The highest BCUT2D eigenvalue weighted by atomic mass is 35.5. The second kappa shape index (κ2) is 12.8. The highest BCUT2D eigenvalue weighted by Gasteiger charge is 2.46. The topological polar surface area (TPSA) is 112 Å². The van der Waals surface area contributed by atoms with Gasteiger partial charge in [-0.1, -0.05) is 29.3 Å². The van der Waals surface area contributed by atoms with Crippen LogP contribution >= 0.6 is 23.2 Å². The Labute approximate surface area is 280 Å². The van der Waals surface area contributed by atoms with Crippen LogP contribution in [0.15, 0.2) is 24.3 Å². The molecule has 3 atom stereocenters. The van der Waals surface area contributed by atoms with Crippen molar-refractivity contribution < 1.29 is 41.0 Å². The van der Waals surface area contributed by atoms with Gasteiger partial charge in [0.05, 0.1) is 43.9 Å². The Balaban J connectivity index is 1.25. The van der Waals surface area contributed by atoms with Crippen LogP contribution in [0.5, 0.6) is 0 Å². The van der Waals surface area contributed by atoms with Gasteiger partial charge in [0, 0.05) is 32.7 Å². The molecule has 1 aliphatic heterocycles. The van der Waals surface area contributed by atoms with Gasteiger partial charge >= 0.3 is 12.4 Å². The predicted octanol–water partition coefficient (Wildman–Crippen LogP) is 6.47. The number of alkyl halides is 6. The number of carbonyl (C=O) groups excluding carboxylic acids is 2. The van der Waals surface area contributed by atoms with Crippen LogP contribution in [0.4, 0.5) is 43.7 Å². The van der Waals surface area contributed by atoms with Crippen molar-refractivity contribution in [1.82, 2.24) is 20.2 Å². The number of nitrogens with one attached hydrogen (secondary N) is 3. The Morgan fingerprint density at radius 1 is 1.04 bits per heavy atom. The number of hydrogen-bond acceptors (Lipinski definition) is 6. The van der Waals surface area contributed by atoms with Gasteiger partial charge in [0.2, 0.25) is 12.1 Å². The SMILES string of the molecule is Cn1c(Nc2c(Cl)ccc(CNC(=O)C(O)C(F)(F)F)c2Cl)nc2cc(C(=O)NC3CCC(C(F)(F)F)CC3)c(N3CC4CC4C3)cc21. The van der Waals surface area contributed by atoms with Crippen molar-refractivity contribution in [3.63, 3.8) is 0 Å². The highest BCUT2D eigenvalue weighted by Crippen LogP contribution is 2.47. The summed E-state index contributed by atoms with van der Waals surface area (Å²) in [6.45, 7) is 1.13. The zero-order chi connectivity index (χ0) is 34.7. The number of fused-ring (bicyclic) bond motifs is 2. The lowest BCUT2D eigenvalue weighted by Gasteiger charge is -2.31. The van der Waals surface area contributed by atoms with Gasteiger partial charge in [-0.2, -0.15) is 26.3 Å². The summed E-state index contributed by atoms with van der Waals surface area (Å²) in [5.74, 6) is -2.03. The minimum atomic E-state index is -5.13. The number of carbonyl (C=O) groups is 2. The fourth-order valence-electron chi connectivity index (χ4n) is 6.59. The summed E-state index contributed by atoms with van der Waals surface area (Å²) in [5.41, 5.74) is 2.53. The molecule has 17 heteroatoms. The lowest BCUT2D eigenvalue weighted by Crippen LogP contribution is -2.43. The van der Waals surface area contributed by atoms with Gasteiger partial charge in [-0.3, -0.25) is 9.59 Å². The number of amides is 2. The number of benzene rings is 2. The minimum absolute atomic E-state index is 0.00588. The molecule has 2 amide bonds. The van der Waals surface area contributed by atoms with Crippen molar-refractivity contribution in [3.05, 3.63) is 45.4 Å². The number of aryl methyl sites for hydroxylation is 1. The number of rotatable bonds is 8. The normalized spacial score (nSPS) is 23.2. The molecule has 9 nitrogen and oxygen atoms in total. The first kappa shape index (κ1) is 34.4. The van der Waals surface area contributed by atoms with E-state index in [1.54, 1.807) is 17.7 Å². The molecule has 2 aromatic carbocycles. The van der Waals surface area contributed by atoms with E-state index in [0.717, 1.165) is 19.5 Å². The second-order valence-electron chi connectivity index (χ2n) is 12.8. The van der Waals surface area contributed by atoms with Crippen LogP contribution in [0, 0.1) is 17.8 Å². The standard InChI is InChI=1S/C31H32Cl2F6N6O3/c1-44-23-10-22(45-12-15-8-16(15)13-45)19(27(47)41-18-5-3-17(4-6-18)30(34,35)36)9-21(23)42-29(44)43-25-20(32)7-2-14(24(25)33)11-40-28(48)26(46)31(37,38)39/h2,7,9-10,15-18,26,46H,3-6,8,11-13H2,1H3,(H,40,48)(H,41,47)(H,42,43). The van der Waals surface area contributed by atoms with E-state index in [4.69, 9.17) is 23.2 Å². The lowest BCUT2D eigenvalue weighted by molar-refractivity contribution is -0.205. The Kier molecular flexibility index (Phi) is 9.18. The zero-order valence-corrected chi connectivity index (χ0v) is 27.0. The largest absolute Gasteiger partial charge is 0.423 e. The molecule has 2 aliphatic carbocycles. The number of hydrogen-bond donors (Lipinski definition) is 4. The number of nitrogens with zero attached hydrogens (tertiary/aromatic N) is 3. The van der Waals surface area contributed by atoms with Crippen LogP contribution in [0.25, 0.3) is 11.0 Å². The summed E-state index contributed by atoms with van der Waals surface area (Å²) in [5, 5.41) is 17.3. The summed E-state index contributed by atoms with van der Waals surface area (Å²) >= 11 is 13.0. The van der Waals surface area contributed by atoms with Crippen LogP contribution in [0.1, 0.15) is 48.0 Å². The molecule has 2 saturated carbocycles.